The van der Waals surface area contributed by atoms with E-state index in [-0.39, 0.29) is 6.04 Å². The summed E-state index contributed by atoms with van der Waals surface area (Å²) in [7, 11) is 0. The normalized spacial score (nSPS) is 12.5. The number of amides is 1. The van der Waals surface area contributed by atoms with Gasteiger partial charge in [0, 0.05) is 12.6 Å². The first-order valence-corrected chi connectivity index (χ1v) is 4.85. The van der Waals surface area contributed by atoms with Gasteiger partial charge < -0.3 is 16.2 Å². The smallest absolute Gasteiger partial charge is 0.404 e. The van der Waals surface area contributed by atoms with Gasteiger partial charge >= 0.3 is 6.09 Å². The van der Waals surface area contributed by atoms with E-state index in [1.807, 2.05) is 6.92 Å². The molecule has 0 bridgehead atoms. The lowest BCUT2D eigenvalue weighted by Crippen LogP contribution is -2.21. The first kappa shape index (κ1) is 12.2. The number of carbonyl (C=O) groups is 1. The van der Waals surface area contributed by atoms with E-state index in [0.29, 0.717) is 6.54 Å². The maximum atomic E-state index is 10.0. The summed E-state index contributed by atoms with van der Waals surface area (Å²) < 4.78 is 0. The topological polar surface area (TPSA) is 75.3 Å². The first-order valence-electron chi connectivity index (χ1n) is 4.85. The lowest BCUT2D eigenvalue weighted by molar-refractivity contribution is 0.194. The van der Waals surface area contributed by atoms with Crippen LogP contribution in [0.25, 0.3) is 0 Å². The second-order valence-electron chi connectivity index (χ2n) is 3.41. The molecule has 0 saturated carbocycles. The Morgan fingerprint density at radius 1 is 1.38 bits per heavy atom. The van der Waals surface area contributed by atoms with Crippen LogP contribution in [0.15, 0.2) is 0 Å². The van der Waals surface area contributed by atoms with E-state index >= 15 is 0 Å². The Bertz CT molecular complexity index is 138. The second kappa shape index (κ2) is 7.86. The van der Waals surface area contributed by atoms with Crippen molar-refractivity contribution in [1.82, 2.24) is 5.32 Å². The third kappa shape index (κ3) is 11.2. The molecule has 0 spiro atoms. The van der Waals surface area contributed by atoms with Gasteiger partial charge in [0.25, 0.3) is 0 Å². The zero-order valence-electron chi connectivity index (χ0n) is 8.25. The standard InChI is InChI=1S/C9H20N2O2/c1-8(10)6-4-2-3-5-7-11-9(12)13/h8,11H,2-7,10H2,1H3,(H,12,13). The first-order chi connectivity index (χ1) is 6.13. The molecule has 0 aromatic heterocycles. The summed E-state index contributed by atoms with van der Waals surface area (Å²) in [4.78, 5) is 10.0. The molecule has 4 heteroatoms. The van der Waals surface area contributed by atoms with E-state index in [2.05, 4.69) is 5.32 Å². The molecule has 0 rings (SSSR count). The lowest BCUT2D eigenvalue weighted by Gasteiger charge is -2.04. The predicted octanol–water partition coefficient (Wildman–Crippen LogP) is 1.55. The highest BCUT2D eigenvalue weighted by Crippen LogP contribution is 2.03. The molecule has 0 aliphatic carbocycles. The van der Waals surface area contributed by atoms with Crippen molar-refractivity contribution in [2.75, 3.05) is 6.54 Å². The van der Waals surface area contributed by atoms with Crippen molar-refractivity contribution in [3.63, 3.8) is 0 Å². The molecule has 1 amide bonds. The van der Waals surface area contributed by atoms with Crippen LogP contribution in [0.3, 0.4) is 0 Å². The number of hydrogen-bond acceptors (Lipinski definition) is 2. The van der Waals surface area contributed by atoms with Crippen molar-refractivity contribution in [2.45, 2.75) is 45.1 Å². The average Bonchev–Trinajstić information content (AvgIpc) is 2.01. The monoisotopic (exact) mass is 188 g/mol. The Morgan fingerprint density at radius 2 is 2.00 bits per heavy atom. The van der Waals surface area contributed by atoms with Gasteiger partial charge in [-0.05, 0) is 19.8 Å². The molecule has 0 aliphatic rings. The largest absolute Gasteiger partial charge is 0.465 e. The van der Waals surface area contributed by atoms with Gasteiger partial charge in [0.1, 0.15) is 0 Å². The molecule has 0 aliphatic heterocycles. The summed E-state index contributed by atoms with van der Waals surface area (Å²) in [6, 6.07) is 0.289. The molecule has 0 aromatic carbocycles. The number of nitrogens with two attached hydrogens (primary N) is 1. The number of unbranched alkanes of at least 4 members (excludes halogenated alkanes) is 3. The number of nitrogens with one attached hydrogen (secondary N) is 1. The van der Waals surface area contributed by atoms with Gasteiger partial charge in [-0.25, -0.2) is 4.79 Å². The summed E-state index contributed by atoms with van der Waals surface area (Å²) in [5, 5.41) is 10.6. The third-order valence-corrected chi connectivity index (χ3v) is 1.86. The van der Waals surface area contributed by atoms with Crippen LogP contribution in [0.4, 0.5) is 4.79 Å². The van der Waals surface area contributed by atoms with Gasteiger partial charge in [0.2, 0.25) is 0 Å². The number of rotatable bonds is 7. The zero-order chi connectivity index (χ0) is 10.1. The van der Waals surface area contributed by atoms with Crippen molar-refractivity contribution in [1.29, 1.82) is 0 Å². The van der Waals surface area contributed by atoms with E-state index in [9.17, 15) is 4.79 Å². The van der Waals surface area contributed by atoms with Gasteiger partial charge in [-0.3, -0.25) is 0 Å². The molecule has 0 aromatic rings. The van der Waals surface area contributed by atoms with E-state index < -0.39 is 6.09 Å². The van der Waals surface area contributed by atoms with Crippen LogP contribution >= 0.6 is 0 Å². The lowest BCUT2D eigenvalue weighted by atomic mass is 10.1. The minimum atomic E-state index is -0.935. The molecule has 1 unspecified atom stereocenters. The highest BCUT2D eigenvalue weighted by molar-refractivity contribution is 5.64. The van der Waals surface area contributed by atoms with E-state index in [1.165, 1.54) is 0 Å². The SMILES string of the molecule is CC(N)CCCCCCNC(=O)O. The highest BCUT2D eigenvalue weighted by Gasteiger charge is 1.95. The van der Waals surface area contributed by atoms with Gasteiger partial charge in [-0.15, -0.1) is 0 Å². The molecule has 1 atom stereocenters. The summed E-state index contributed by atoms with van der Waals surface area (Å²) >= 11 is 0. The van der Waals surface area contributed by atoms with E-state index in [1.54, 1.807) is 0 Å². The maximum Gasteiger partial charge on any atom is 0.404 e. The quantitative estimate of drug-likeness (QED) is 0.530. The molecule has 4 N–H and O–H groups in total. The highest BCUT2D eigenvalue weighted by atomic mass is 16.4. The number of hydrogen-bond donors (Lipinski definition) is 3. The fourth-order valence-electron chi connectivity index (χ4n) is 1.14. The fourth-order valence-corrected chi connectivity index (χ4v) is 1.14. The third-order valence-electron chi connectivity index (χ3n) is 1.86. The van der Waals surface area contributed by atoms with E-state index in [0.717, 1.165) is 32.1 Å². The Labute approximate surface area is 79.5 Å². The molecule has 0 fully saturated rings. The van der Waals surface area contributed by atoms with Crippen LogP contribution in [-0.4, -0.2) is 23.8 Å². The molecule has 13 heavy (non-hydrogen) atoms. The van der Waals surface area contributed by atoms with Crippen LogP contribution in [0.2, 0.25) is 0 Å². The summed E-state index contributed by atoms with van der Waals surface area (Å²) in [6.45, 7) is 2.57. The van der Waals surface area contributed by atoms with Crippen LogP contribution < -0.4 is 11.1 Å². The van der Waals surface area contributed by atoms with E-state index in [4.69, 9.17) is 10.8 Å². The maximum absolute atomic E-state index is 10.0. The zero-order valence-corrected chi connectivity index (χ0v) is 8.25. The predicted molar refractivity (Wildman–Crippen MR) is 52.8 cm³/mol. The Balaban J connectivity index is 2.96. The minimum Gasteiger partial charge on any atom is -0.465 e. The Hall–Kier alpha value is -0.770. The molecular weight excluding hydrogens is 168 g/mol. The summed E-state index contributed by atoms with van der Waals surface area (Å²) in [6.07, 6.45) is 4.41. The second-order valence-corrected chi connectivity index (χ2v) is 3.41. The summed E-state index contributed by atoms with van der Waals surface area (Å²) in [5.41, 5.74) is 5.58. The minimum absolute atomic E-state index is 0.289. The van der Waals surface area contributed by atoms with Gasteiger partial charge in [0.15, 0.2) is 0 Å². The molecule has 78 valence electrons. The molecule has 0 radical (unpaired) electrons. The molecular formula is C9H20N2O2. The van der Waals surface area contributed by atoms with Crippen molar-refractivity contribution in [3.05, 3.63) is 0 Å². The summed E-state index contributed by atoms with van der Waals surface area (Å²) in [5.74, 6) is 0. The number of carboxylic acid groups (broad SMARTS) is 1. The van der Waals surface area contributed by atoms with Gasteiger partial charge in [0.05, 0.1) is 0 Å². The van der Waals surface area contributed by atoms with Crippen molar-refractivity contribution in [2.24, 2.45) is 5.73 Å². The van der Waals surface area contributed by atoms with Gasteiger partial charge in [-0.2, -0.15) is 0 Å². The van der Waals surface area contributed by atoms with Crippen molar-refractivity contribution < 1.29 is 9.90 Å². The van der Waals surface area contributed by atoms with Crippen LogP contribution in [0.5, 0.6) is 0 Å². The molecule has 0 saturated heterocycles. The average molecular weight is 188 g/mol. The van der Waals surface area contributed by atoms with Crippen molar-refractivity contribution >= 4 is 6.09 Å². The van der Waals surface area contributed by atoms with Crippen LogP contribution in [-0.2, 0) is 0 Å². The van der Waals surface area contributed by atoms with Crippen LogP contribution in [0, 0.1) is 0 Å². The fraction of sp³-hybridized carbons (Fsp3) is 0.889. The Morgan fingerprint density at radius 3 is 2.54 bits per heavy atom. The van der Waals surface area contributed by atoms with Gasteiger partial charge in [-0.1, -0.05) is 19.3 Å². The van der Waals surface area contributed by atoms with Crippen LogP contribution in [0.1, 0.15) is 39.0 Å². The van der Waals surface area contributed by atoms with Crippen molar-refractivity contribution in [3.8, 4) is 0 Å². The Kier molecular flexibility index (Phi) is 7.39. The molecule has 0 heterocycles. The molecule has 4 nitrogen and oxygen atoms in total.